The fraction of sp³-hybridized carbons (Fsp3) is 0.444. The van der Waals surface area contributed by atoms with Crippen LogP contribution in [0.4, 0.5) is 0 Å². The number of rotatable bonds is 2. The molecular formula is C18H15BrN4O2. The molecule has 1 aromatic rings. The van der Waals surface area contributed by atoms with Crippen molar-refractivity contribution in [2.75, 3.05) is 0 Å². The smallest absolute Gasteiger partial charge is 0.217 e. The van der Waals surface area contributed by atoms with Crippen LogP contribution in [0.1, 0.15) is 31.9 Å². The van der Waals surface area contributed by atoms with Gasteiger partial charge in [-0.15, -0.1) is 0 Å². The van der Waals surface area contributed by atoms with E-state index >= 15 is 0 Å². The molecule has 6 nitrogen and oxygen atoms in total. The van der Waals surface area contributed by atoms with Crippen LogP contribution in [0.3, 0.4) is 0 Å². The summed E-state index contributed by atoms with van der Waals surface area (Å²) < 4.78 is 12.6. The van der Waals surface area contributed by atoms with Crippen molar-refractivity contribution in [2.24, 2.45) is 16.7 Å². The highest BCUT2D eigenvalue weighted by molar-refractivity contribution is 9.10. The van der Waals surface area contributed by atoms with Crippen molar-refractivity contribution in [3.05, 3.63) is 34.3 Å². The Morgan fingerprint density at radius 2 is 1.84 bits per heavy atom. The number of fused-ring (bicyclic) bond motifs is 2. The van der Waals surface area contributed by atoms with Crippen LogP contribution in [0, 0.1) is 56.2 Å². The monoisotopic (exact) mass is 398 g/mol. The zero-order chi connectivity index (χ0) is 18.5. The van der Waals surface area contributed by atoms with E-state index in [1.54, 1.807) is 25.1 Å². The van der Waals surface area contributed by atoms with Crippen molar-refractivity contribution in [1.82, 2.24) is 0 Å². The van der Waals surface area contributed by atoms with Crippen molar-refractivity contribution in [3.8, 4) is 18.2 Å². The van der Waals surface area contributed by atoms with Gasteiger partial charge in [0, 0.05) is 10.9 Å². The van der Waals surface area contributed by atoms with Crippen molar-refractivity contribution < 1.29 is 9.47 Å². The molecule has 0 aromatic heterocycles. The Balaban J connectivity index is 2.37. The molecule has 1 aromatic carbocycles. The van der Waals surface area contributed by atoms with Gasteiger partial charge in [0.15, 0.2) is 5.41 Å². The van der Waals surface area contributed by atoms with Crippen LogP contribution in [0.2, 0.25) is 0 Å². The number of hydrogen-bond donors (Lipinski definition) is 1. The van der Waals surface area contributed by atoms with Gasteiger partial charge in [-0.1, -0.05) is 48.0 Å². The lowest BCUT2D eigenvalue weighted by atomic mass is 9.53. The first-order chi connectivity index (χ1) is 11.9. The molecule has 4 atom stereocenters. The van der Waals surface area contributed by atoms with Crippen LogP contribution in [0.5, 0.6) is 0 Å². The minimum absolute atomic E-state index is 0.373. The highest BCUT2D eigenvalue weighted by atomic mass is 79.9. The highest BCUT2D eigenvalue weighted by Gasteiger charge is 2.78. The van der Waals surface area contributed by atoms with Gasteiger partial charge < -0.3 is 9.47 Å². The van der Waals surface area contributed by atoms with Crippen LogP contribution in [0.15, 0.2) is 28.7 Å². The number of nitriles is 3. The third-order valence-corrected chi connectivity index (χ3v) is 6.21. The lowest BCUT2D eigenvalue weighted by Gasteiger charge is -2.48. The molecular weight excluding hydrogens is 384 g/mol. The molecule has 126 valence electrons. The first-order valence-corrected chi connectivity index (χ1v) is 8.62. The third-order valence-electron chi connectivity index (χ3n) is 5.48. The maximum absolute atomic E-state index is 10.0. The van der Waals surface area contributed by atoms with Gasteiger partial charge in [0.2, 0.25) is 17.1 Å². The number of nitrogens with one attached hydrogen (secondary N) is 1. The summed E-state index contributed by atoms with van der Waals surface area (Å²) in [5, 5.41) is 38.3. The third kappa shape index (κ3) is 1.82. The quantitative estimate of drug-likeness (QED) is 0.812. The summed E-state index contributed by atoms with van der Waals surface area (Å²) in [6, 6.07) is 13.2. The van der Waals surface area contributed by atoms with Gasteiger partial charge in [0.25, 0.3) is 0 Å². The van der Waals surface area contributed by atoms with Gasteiger partial charge >= 0.3 is 0 Å². The van der Waals surface area contributed by atoms with E-state index < -0.39 is 28.6 Å². The molecule has 0 radical (unpaired) electrons. The van der Waals surface area contributed by atoms with E-state index in [0.29, 0.717) is 16.5 Å². The SMILES string of the molecule is CCC12OC(=N)C(C#N)(C1C)C(C#N)(C#N)C(c1ccccc1Br)O2. The molecule has 2 heterocycles. The summed E-state index contributed by atoms with van der Waals surface area (Å²) in [6.45, 7) is 3.54. The standard InChI is InChI=1S/C18H15BrN4O2/c1-3-18-11(2)17(10-22,15(23)25-18)16(8-20,9-21)14(24-18)12-6-4-5-7-13(12)19/h4-7,11,14,23H,3H2,1-2H3. The second-order valence-corrected chi connectivity index (χ2v) is 7.14. The fourth-order valence-electron chi connectivity index (χ4n) is 4.01. The van der Waals surface area contributed by atoms with Gasteiger partial charge in [0.1, 0.15) is 6.10 Å². The van der Waals surface area contributed by atoms with E-state index in [2.05, 4.69) is 22.0 Å². The molecule has 2 saturated heterocycles. The average Bonchev–Trinajstić information content (AvgIpc) is 2.78. The molecule has 2 fully saturated rings. The van der Waals surface area contributed by atoms with Crippen LogP contribution < -0.4 is 0 Å². The summed E-state index contributed by atoms with van der Waals surface area (Å²) in [4.78, 5) is 0. The second-order valence-electron chi connectivity index (χ2n) is 6.29. The van der Waals surface area contributed by atoms with Gasteiger partial charge in [-0.2, -0.15) is 15.8 Å². The summed E-state index contributed by atoms with van der Waals surface area (Å²) in [6.07, 6.45) is -0.648. The zero-order valence-electron chi connectivity index (χ0n) is 13.7. The number of benzene rings is 1. The van der Waals surface area contributed by atoms with E-state index in [1.165, 1.54) is 0 Å². The lowest BCUT2D eigenvalue weighted by Crippen LogP contribution is -2.58. The molecule has 2 bridgehead atoms. The molecule has 0 aliphatic carbocycles. The minimum atomic E-state index is -1.91. The summed E-state index contributed by atoms with van der Waals surface area (Å²) in [5.74, 6) is -2.23. The lowest BCUT2D eigenvalue weighted by molar-refractivity contribution is -0.280. The van der Waals surface area contributed by atoms with Gasteiger partial charge in [0.05, 0.1) is 24.1 Å². The molecule has 1 N–H and O–H groups in total. The van der Waals surface area contributed by atoms with E-state index in [0.717, 1.165) is 0 Å². The average molecular weight is 399 g/mol. The summed E-state index contributed by atoms with van der Waals surface area (Å²) >= 11 is 3.44. The normalized spacial score (nSPS) is 35.1. The van der Waals surface area contributed by atoms with Crippen molar-refractivity contribution >= 4 is 21.8 Å². The Morgan fingerprint density at radius 1 is 1.20 bits per heavy atom. The first kappa shape index (κ1) is 17.4. The Hall–Kier alpha value is -2.40. The Bertz CT molecular complexity index is 866. The van der Waals surface area contributed by atoms with Crippen molar-refractivity contribution in [2.45, 2.75) is 32.2 Å². The molecule has 0 saturated carbocycles. The largest absolute Gasteiger partial charge is 0.447 e. The molecule has 3 rings (SSSR count). The zero-order valence-corrected chi connectivity index (χ0v) is 15.3. The first-order valence-electron chi connectivity index (χ1n) is 7.83. The molecule has 0 spiro atoms. The van der Waals surface area contributed by atoms with E-state index in [1.807, 2.05) is 25.1 Å². The molecule has 2 aliphatic rings. The number of ether oxygens (including phenoxy) is 2. The highest BCUT2D eigenvalue weighted by Crippen LogP contribution is 2.67. The summed E-state index contributed by atoms with van der Waals surface area (Å²) in [7, 11) is 0. The van der Waals surface area contributed by atoms with Gasteiger partial charge in [-0.05, 0) is 11.6 Å². The van der Waals surface area contributed by atoms with Crippen LogP contribution in [-0.4, -0.2) is 11.7 Å². The Kier molecular flexibility index (Phi) is 3.88. The molecule has 7 heteroatoms. The predicted molar refractivity (Wildman–Crippen MR) is 90.7 cm³/mol. The minimum Gasteiger partial charge on any atom is -0.447 e. The Labute approximate surface area is 154 Å². The van der Waals surface area contributed by atoms with Crippen LogP contribution in [-0.2, 0) is 9.47 Å². The maximum Gasteiger partial charge on any atom is 0.217 e. The number of hydrogen-bond acceptors (Lipinski definition) is 6. The number of halogens is 1. The molecule has 25 heavy (non-hydrogen) atoms. The molecule has 2 aliphatic heterocycles. The summed E-state index contributed by atoms with van der Waals surface area (Å²) in [5.41, 5.74) is -3.03. The van der Waals surface area contributed by atoms with E-state index in [4.69, 9.17) is 14.9 Å². The fourth-order valence-corrected chi connectivity index (χ4v) is 4.50. The number of nitrogens with zero attached hydrogens (tertiary/aromatic N) is 3. The maximum atomic E-state index is 10.0. The predicted octanol–water partition coefficient (Wildman–Crippen LogP) is 3.81. The van der Waals surface area contributed by atoms with Crippen molar-refractivity contribution in [3.63, 3.8) is 0 Å². The Morgan fingerprint density at radius 3 is 2.36 bits per heavy atom. The van der Waals surface area contributed by atoms with Gasteiger partial charge in [-0.25, -0.2) is 0 Å². The van der Waals surface area contributed by atoms with E-state index in [-0.39, 0.29) is 5.90 Å². The van der Waals surface area contributed by atoms with Gasteiger partial charge in [-0.3, -0.25) is 5.41 Å². The second kappa shape index (κ2) is 5.56. The van der Waals surface area contributed by atoms with Crippen LogP contribution in [0.25, 0.3) is 0 Å². The topological polar surface area (TPSA) is 114 Å². The van der Waals surface area contributed by atoms with E-state index in [9.17, 15) is 15.8 Å². The molecule has 4 unspecified atom stereocenters. The van der Waals surface area contributed by atoms with Crippen molar-refractivity contribution in [1.29, 1.82) is 21.2 Å². The van der Waals surface area contributed by atoms with Crippen LogP contribution >= 0.6 is 15.9 Å². The molecule has 0 amide bonds.